The molecule has 0 saturated carbocycles. The Morgan fingerprint density at radius 2 is 2.00 bits per heavy atom. The molecule has 0 aliphatic carbocycles. The number of carbonyl (C=O) groups excluding carboxylic acids is 2. The van der Waals surface area contributed by atoms with Crippen molar-refractivity contribution in [2.75, 3.05) is 0 Å². The Morgan fingerprint density at radius 1 is 1.38 bits per heavy atom. The van der Waals surface area contributed by atoms with Gasteiger partial charge in [0.2, 0.25) is 0 Å². The topological polar surface area (TPSA) is 46.2 Å². The van der Waals surface area contributed by atoms with Gasteiger partial charge in [-0.3, -0.25) is 9.59 Å². The molecule has 1 N–H and O–H groups in total. The zero-order valence-corrected chi connectivity index (χ0v) is 10.3. The summed E-state index contributed by atoms with van der Waals surface area (Å²) in [6, 6.07) is 4.73. The second kappa shape index (κ2) is 5.12. The van der Waals surface area contributed by atoms with Crippen LogP contribution in [-0.4, -0.2) is 17.7 Å². The lowest BCUT2D eigenvalue weighted by Gasteiger charge is -2.12. The molecule has 3 nitrogen and oxygen atoms in total. The molecule has 16 heavy (non-hydrogen) atoms. The van der Waals surface area contributed by atoms with E-state index in [-0.39, 0.29) is 11.7 Å². The van der Waals surface area contributed by atoms with Gasteiger partial charge in [-0.2, -0.15) is 0 Å². The number of amides is 1. The number of rotatable bonds is 3. The molecule has 0 saturated heterocycles. The molecule has 1 aromatic rings. The largest absolute Gasteiger partial charge is 0.342 e. The fraction of sp³-hybridized carbons (Fsp3) is 0.333. The summed E-state index contributed by atoms with van der Waals surface area (Å²) in [7, 11) is 0. The van der Waals surface area contributed by atoms with Crippen molar-refractivity contribution in [3.63, 3.8) is 0 Å². The molecule has 1 amide bonds. The number of nitrogens with one attached hydrogen (secondary N) is 1. The van der Waals surface area contributed by atoms with Gasteiger partial charge < -0.3 is 5.32 Å². The first-order valence-corrected chi connectivity index (χ1v) is 5.37. The highest BCUT2D eigenvalue weighted by Crippen LogP contribution is 2.20. The van der Waals surface area contributed by atoms with Gasteiger partial charge in [-0.05, 0) is 32.4 Å². The van der Waals surface area contributed by atoms with Gasteiger partial charge in [-0.15, -0.1) is 0 Å². The normalized spacial score (nSPS) is 12.0. The first-order chi connectivity index (χ1) is 7.43. The molecule has 4 heteroatoms. The van der Waals surface area contributed by atoms with Crippen LogP contribution in [-0.2, 0) is 4.79 Å². The number of ketones is 1. The number of halogens is 1. The van der Waals surface area contributed by atoms with Gasteiger partial charge in [-0.1, -0.05) is 23.7 Å². The van der Waals surface area contributed by atoms with Crippen LogP contribution in [0.2, 0.25) is 5.02 Å². The number of aryl methyl sites for hydroxylation is 1. The maximum atomic E-state index is 11.8. The SMILES string of the molecule is CC(=O)C(C)NC(=O)c1cccc(C)c1Cl. The zero-order valence-electron chi connectivity index (χ0n) is 9.50. The molecule has 1 unspecified atom stereocenters. The van der Waals surface area contributed by atoms with Crippen molar-refractivity contribution in [1.82, 2.24) is 5.32 Å². The van der Waals surface area contributed by atoms with E-state index in [4.69, 9.17) is 11.6 Å². The third-order valence-electron chi connectivity index (χ3n) is 2.39. The van der Waals surface area contributed by atoms with Crippen LogP contribution in [0.3, 0.4) is 0 Å². The van der Waals surface area contributed by atoms with Gasteiger partial charge in [0.05, 0.1) is 16.6 Å². The summed E-state index contributed by atoms with van der Waals surface area (Å²) in [5.74, 6) is -0.409. The summed E-state index contributed by atoms with van der Waals surface area (Å²) in [6.45, 7) is 4.90. The first kappa shape index (κ1) is 12.7. The minimum atomic E-state index is -0.496. The van der Waals surface area contributed by atoms with Crippen LogP contribution in [0.25, 0.3) is 0 Å². The van der Waals surface area contributed by atoms with Crippen LogP contribution in [0.15, 0.2) is 18.2 Å². The molecule has 1 aromatic carbocycles. The maximum Gasteiger partial charge on any atom is 0.253 e. The Labute approximate surface area is 99.8 Å². The molecule has 86 valence electrons. The molecular formula is C12H14ClNO2. The van der Waals surface area contributed by atoms with E-state index < -0.39 is 6.04 Å². The van der Waals surface area contributed by atoms with Crippen LogP contribution in [0.4, 0.5) is 0 Å². The number of benzene rings is 1. The standard InChI is InChI=1S/C12H14ClNO2/c1-7-5-4-6-10(11(7)13)12(16)14-8(2)9(3)15/h4-6,8H,1-3H3,(H,14,16). The Morgan fingerprint density at radius 3 is 2.56 bits per heavy atom. The molecular weight excluding hydrogens is 226 g/mol. The molecule has 0 fully saturated rings. The molecule has 0 radical (unpaired) electrons. The molecule has 0 bridgehead atoms. The third kappa shape index (κ3) is 2.83. The highest BCUT2D eigenvalue weighted by atomic mass is 35.5. The lowest BCUT2D eigenvalue weighted by atomic mass is 10.1. The van der Waals surface area contributed by atoms with Crippen molar-refractivity contribution in [3.8, 4) is 0 Å². The predicted molar refractivity (Wildman–Crippen MR) is 63.8 cm³/mol. The van der Waals surface area contributed by atoms with E-state index in [1.54, 1.807) is 19.1 Å². The van der Waals surface area contributed by atoms with Gasteiger partial charge in [-0.25, -0.2) is 0 Å². The maximum absolute atomic E-state index is 11.8. The number of carbonyl (C=O) groups is 2. The van der Waals surface area contributed by atoms with Crippen molar-refractivity contribution in [1.29, 1.82) is 0 Å². The Bertz CT molecular complexity index is 429. The van der Waals surface area contributed by atoms with Crippen LogP contribution in [0.5, 0.6) is 0 Å². The summed E-state index contributed by atoms with van der Waals surface area (Å²) in [4.78, 5) is 22.8. The zero-order chi connectivity index (χ0) is 12.3. The molecule has 1 rings (SSSR count). The van der Waals surface area contributed by atoms with Crippen LogP contribution in [0, 0.1) is 6.92 Å². The van der Waals surface area contributed by atoms with Crippen molar-refractivity contribution >= 4 is 23.3 Å². The second-order valence-corrected chi connectivity index (χ2v) is 4.12. The summed E-state index contributed by atoms with van der Waals surface area (Å²) in [5, 5.41) is 3.02. The number of hydrogen-bond acceptors (Lipinski definition) is 2. The molecule has 0 aliphatic rings. The van der Waals surface area contributed by atoms with Crippen LogP contribution < -0.4 is 5.32 Å². The van der Waals surface area contributed by atoms with Gasteiger partial charge in [0.25, 0.3) is 5.91 Å². The van der Waals surface area contributed by atoms with E-state index in [1.165, 1.54) is 6.92 Å². The lowest BCUT2D eigenvalue weighted by Crippen LogP contribution is -2.37. The highest BCUT2D eigenvalue weighted by molar-refractivity contribution is 6.34. The van der Waals surface area contributed by atoms with Crippen molar-refractivity contribution in [2.24, 2.45) is 0 Å². The van der Waals surface area contributed by atoms with Gasteiger partial charge >= 0.3 is 0 Å². The van der Waals surface area contributed by atoms with Gasteiger partial charge in [0.1, 0.15) is 0 Å². The lowest BCUT2D eigenvalue weighted by molar-refractivity contribution is -0.118. The molecule has 0 heterocycles. The smallest absolute Gasteiger partial charge is 0.253 e. The fourth-order valence-electron chi connectivity index (χ4n) is 1.20. The molecule has 0 aliphatic heterocycles. The van der Waals surface area contributed by atoms with E-state index >= 15 is 0 Å². The van der Waals surface area contributed by atoms with Gasteiger partial charge in [0, 0.05) is 0 Å². The van der Waals surface area contributed by atoms with Crippen molar-refractivity contribution < 1.29 is 9.59 Å². The summed E-state index contributed by atoms with van der Waals surface area (Å²) in [5.41, 5.74) is 1.24. The van der Waals surface area contributed by atoms with E-state index in [2.05, 4.69) is 5.32 Å². The predicted octanol–water partition coefficient (Wildman–Crippen LogP) is 2.36. The summed E-state index contributed by atoms with van der Waals surface area (Å²) in [6.07, 6.45) is 0. The van der Waals surface area contributed by atoms with Crippen molar-refractivity contribution in [3.05, 3.63) is 34.3 Å². The van der Waals surface area contributed by atoms with Crippen LogP contribution in [0.1, 0.15) is 29.8 Å². The quantitative estimate of drug-likeness (QED) is 0.880. The molecule has 0 aromatic heterocycles. The van der Waals surface area contributed by atoms with Crippen LogP contribution >= 0.6 is 11.6 Å². The highest BCUT2D eigenvalue weighted by Gasteiger charge is 2.15. The average Bonchev–Trinajstić information content (AvgIpc) is 2.21. The minimum Gasteiger partial charge on any atom is -0.342 e. The second-order valence-electron chi connectivity index (χ2n) is 3.74. The Kier molecular flexibility index (Phi) is 4.07. The van der Waals surface area contributed by atoms with E-state index in [1.807, 2.05) is 13.0 Å². The van der Waals surface area contributed by atoms with E-state index in [0.29, 0.717) is 10.6 Å². The van der Waals surface area contributed by atoms with Gasteiger partial charge in [0.15, 0.2) is 5.78 Å². The molecule has 1 atom stereocenters. The minimum absolute atomic E-state index is 0.0860. The van der Waals surface area contributed by atoms with Crippen molar-refractivity contribution in [2.45, 2.75) is 26.8 Å². The monoisotopic (exact) mass is 239 g/mol. The fourth-order valence-corrected chi connectivity index (χ4v) is 1.41. The first-order valence-electron chi connectivity index (χ1n) is 5.00. The molecule has 0 spiro atoms. The summed E-state index contributed by atoms with van der Waals surface area (Å²) < 4.78 is 0. The third-order valence-corrected chi connectivity index (χ3v) is 2.90. The van der Waals surface area contributed by atoms with E-state index in [9.17, 15) is 9.59 Å². The number of Topliss-reactive ketones (excluding diaryl/α,β-unsaturated/α-hetero) is 1. The average molecular weight is 240 g/mol. The number of hydrogen-bond donors (Lipinski definition) is 1. The Balaban J connectivity index is 2.89. The van der Waals surface area contributed by atoms with E-state index in [0.717, 1.165) is 5.56 Å². The Hall–Kier alpha value is -1.35. The summed E-state index contributed by atoms with van der Waals surface area (Å²) >= 11 is 6.01.